The molecule has 0 unspecified atom stereocenters. The molecule has 4 rings (SSSR count). The molecule has 0 amide bonds. The van der Waals surface area contributed by atoms with Gasteiger partial charge in [0.2, 0.25) is 0 Å². The van der Waals surface area contributed by atoms with E-state index in [4.69, 9.17) is 5.10 Å². The normalized spacial score (nSPS) is 14.0. The molecule has 28 heavy (non-hydrogen) atoms. The maximum absolute atomic E-state index is 5.16. The van der Waals surface area contributed by atoms with Gasteiger partial charge in [0.15, 0.2) is 0 Å². The predicted octanol–water partition coefficient (Wildman–Crippen LogP) is 3.97. The van der Waals surface area contributed by atoms with Crippen LogP contribution in [0.1, 0.15) is 41.9 Å². The summed E-state index contributed by atoms with van der Waals surface area (Å²) in [5, 5.41) is 8.70. The van der Waals surface area contributed by atoms with Crippen LogP contribution in [0.25, 0.3) is 0 Å². The van der Waals surface area contributed by atoms with Crippen LogP contribution in [0.15, 0.2) is 54.6 Å². The van der Waals surface area contributed by atoms with E-state index in [1.54, 1.807) is 0 Å². The van der Waals surface area contributed by atoms with E-state index in [9.17, 15) is 0 Å². The first-order valence-corrected chi connectivity index (χ1v) is 10.1. The van der Waals surface area contributed by atoms with Crippen LogP contribution >= 0.6 is 0 Å². The van der Waals surface area contributed by atoms with Crippen LogP contribution in [0.4, 0.5) is 5.69 Å². The number of hydrogen-bond donors (Lipinski definition) is 1. The summed E-state index contributed by atoms with van der Waals surface area (Å²) in [4.78, 5) is 2.13. The first-order chi connectivity index (χ1) is 13.5. The molecule has 4 nitrogen and oxygen atoms in total. The third-order valence-electron chi connectivity index (χ3n) is 5.88. The molecule has 3 aromatic rings. The van der Waals surface area contributed by atoms with Crippen LogP contribution < -0.4 is 10.2 Å². The number of aromatic nitrogens is 2. The van der Waals surface area contributed by atoms with Gasteiger partial charge in [-0.05, 0) is 23.3 Å². The minimum atomic E-state index is -0.121. The summed E-state index contributed by atoms with van der Waals surface area (Å²) in [5.41, 5.74) is 7.66. The molecule has 1 aliphatic heterocycles. The molecule has 0 spiro atoms. The quantitative estimate of drug-likeness (QED) is 0.734. The average molecular weight is 375 g/mol. The van der Waals surface area contributed by atoms with E-state index in [-0.39, 0.29) is 5.41 Å². The van der Waals surface area contributed by atoms with E-state index in [0.29, 0.717) is 0 Å². The summed E-state index contributed by atoms with van der Waals surface area (Å²) in [6.07, 6.45) is 1.03. The molecule has 2 aromatic carbocycles. The molecular formula is C24H30N4. The average Bonchev–Trinajstić information content (AvgIpc) is 3.08. The molecule has 0 atom stereocenters. The van der Waals surface area contributed by atoms with E-state index in [1.807, 2.05) is 0 Å². The molecule has 0 saturated heterocycles. The first-order valence-electron chi connectivity index (χ1n) is 10.1. The van der Waals surface area contributed by atoms with Gasteiger partial charge in [-0.1, -0.05) is 56.3 Å². The van der Waals surface area contributed by atoms with E-state index in [0.717, 1.165) is 26.1 Å². The largest absolute Gasteiger partial charge is 0.378 e. The Balaban J connectivity index is 1.71. The van der Waals surface area contributed by atoms with Gasteiger partial charge in [0.25, 0.3) is 0 Å². The maximum Gasteiger partial charge on any atom is 0.0772 e. The molecule has 2 heterocycles. The molecule has 146 valence electrons. The van der Waals surface area contributed by atoms with Crippen molar-refractivity contribution in [1.82, 2.24) is 15.1 Å². The third-order valence-corrected chi connectivity index (χ3v) is 5.88. The Bertz CT molecular complexity index is 937. The first kappa shape index (κ1) is 18.8. The zero-order valence-corrected chi connectivity index (χ0v) is 17.4. The third kappa shape index (κ3) is 3.45. The Morgan fingerprint density at radius 1 is 1.04 bits per heavy atom. The van der Waals surface area contributed by atoms with Crippen molar-refractivity contribution in [2.45, 2.75) is 38.8 Å². The molecule has 1 aliphatic rings. The Kier molecular flexibility index (Phi) is 4.98. The lowest BCUT2D eigenvalue weighted by Gasteiger charge is -2.26. The number of anilines is 1. The molecule has 0 saturated carbocycles. The zero-order chi connectivity index (χ0) is 19.7. The molecule has 4 heteroatoms. The Morgan fingerprint density at radius 3 is 2.43 bits per heavy atom. The summed E-state index contributed by atoms with van der Waals surface area (Å²) in [6.45, 7) is 7.32. The van der Waals surface area contributed by atoms with Crippen LogP contribution in [0.5, 0.6) is 0 Å². The summed E-state index contributed by atoms with van der Waals surface area (Å²) in [6, 6.07) is 19.5. The SMILES string of the molecule is CN(C)c1ccc(Cn2nc(C(C)(C)c3ccccc3)c3c2CCNC3)cc1. The summed E-state index contributed by atoms with van der Waals surface area (Å²) in [7, 11) is 4.15. The number of rotatable bonds is 5. The Morgan fingerprint density at radius 2 is 1.75 bits per heavy atom. The fraction of sp³-hybridized carbons (Fsp3) is 0.375. The summed E-state index contributed by atoms with van der Waals surface area (Å²) >= 11 is 0. The Labute approximate surface area is 168 Å². The van der Waals surface area contributed by atoms with Crippen molar-refractivity contribution in [3.05, 3.63) is 82.7 Å². The van der Waals surface area contributed by atoms with E-state index < -0.39 is 0 Å². The second-order valence-corrected chi connectivity index (χ2v) is 8.41. The number of nitrogens with zero attached hydrogens (tertiary/aromatic N) is 3. The molecule has 0 aliphatic carbocycles. The molecule has 0 radical (unpaired) electrons. The lowest BCUT2D eigenvalue weighted by atomic mass is 9.79. The second-order valence-electron chi connectivity index (χ2n) is 8.41. The highest BCUT2D eigenvalue weighted by molar-refractivity contribution is 5.46. The molecule has 0 fully saturated rings. The van der Waals surface area contributed by atoms with Gasteiger partial charge in [0, 0.05) is 56.0 Å². The van der Waals surface area contributed by atoms with Gasteiger partial charge in [0.1, 0.15) is 0 Å². The van der Waals surface area contributed by atoms with E-state index >= 15 is 0 Å². The lowest BCUT2D eigenvalue weighted by molar-refractivity contribution is 0.572. The standard InChI is InChI=1S/C24H30N4/c1-24(2,19-8-6-5-7-9-19)23-21-16-25-15-14-22(21)28(26-23)17-18-10-12-20(13-11-18)27(3)4/h5-13,25H,14-17H2,1-4H3. The number of fused-ring (bicyclic) bond motifs is 1. The fourth-order valence-corrected chi connectivity index (χ4v) is 4.12. The number of hydrogen-bond acceptors (Lipinski definition) is 3. The summed E-state index contributed by atoms with van der Waals surface area (Å²) in [5.74, 6) is 0. The van der Waals surface area contributed by atoms with Crippen molar-refractivity contribution < 1.29 is 0 Å². The van der Waals surface area contributed by atoms with Crippen LogP contribution in [0, 0.1) is 0 Å². The van der Waals surface area contributed by atoms with Crippen molar-refractivity contribution in [3.63, 3.8) is 0 Å². The lowest BCUT2D eigenvalue weighted by Crippen LogP contribution is -2.28. The molecule has 0 bridgehead atoms. The maximum atomic E-state index is 5.16. The predicted molar refractivity (Wildman–Crippen MR) is 116 cm³/mol. The highest BCUT2D eigenvalue weighted by Gasteiger charge is 2.32. The molecule has 1 N–H and O–H groups in total. The number of benzene rings is 2. The molecular weight excluding hydrogens is 344 g/mol. The van der Waals surface area contributed by atoms with Gasteiger partial charge in [-0.25, -0.2) is 0 Å². The zero-order valence-electron chi connectivity index (χ0n) is 17.4. The topological polar surface area (TPSA) is 33.1 Å². The minimum absolute atomic E-state index is 0.121. The van der Waals surface area contributed by atoms with Gasteiger partial charge in [0.05, 0.1) is 12.2 Å². The van der Waals surface area contributed by atoms with E-state index in [2.05, 4.69) is 97.4 Å². The van der Waals surface area contributed by atoms with Gasteiger partial charge in [-0.2, -0.15) is 5.10 Å². The van der Waals surface area contributed by atoms with E-state index in [1.165, 1.54) is 33.8 Å². The van der Waals surface area contributed by atoms with Gasteiger partial charge < -0.3 is 10.2 Å². The van der Waals surface area contributed by atoms with Crippen molar-refractivity contribution >= 4 is 5.69 Å². The second kappa shape index (κ2) is 7.44. The minimum Gasteiger partial charge on any atom is -0.378 e. The smallest absolute Gasteiger partial charge is 0.0772 e. The van der Waals surface area contributed by atoms with Crippen molar-refractivity contribution in [2.75, 3.05) is 25.5 Å². The highest BCUT2D eigenvalue weighted by Crippen LogP contribution is 2.35. The van der Waals surface area contributed by atoms with Crippen molar-refractivity contribution in [3.8, 4) is 0 Å². The summed E-state index contributed by atoms with van der Waals surface area (Å²) < 4.78 is 2.24. The van der Waals surface area contributed by atoms with Gasteiger partial charge in [-0.3, -0.25) is 4.68 Å². The Hall–Kier alpha value is -2.59. The van der Waals surface area contributed by atoms with Crippen LogP contribution in [0.3, 0.4) is 0 Å². The van der Waals surface area contributed by atoms with Crippen LogP contribution in [-0.4, -0.2) is 30.4 Å². The fourth-order valence-electron chi connectivity index (χ4n) is 4.12. The van der Waals surface area contributed by atoms with Crippen molar-refractivity contribution in [2.24, 2.45) is 0 Å². The number of nitrogens with one attached hydrogen (secondary N) is 1. The molecule has 1 aromatic heterocycles. The highest BCUT2D eigenvalue weighted by atomic mass is 15.3. The van der Waals surface area contributed by atoms with Crippen molar-refractivity contribution in [1.29, 1.82) is 0 Å². The monoisotopic (exact) mass is 374 g/mol. The van der Waals surface area contributed by atoms with Gasteiger partial charge >= 0.3 is 0 Å². The van der Waals surface area contributed by atoms with Crippen LogP contribution in [0.2, 0.25) is 0 Å². The van der Waals surface area contributed by atoms with Crippen LogP contribution in [-0.2, 0) is 24.9 Å². The van der Waals surface area contributed by atoms with Gasteiger partial charge in [-0.15, -0.1) is 0 Å².